The number of halogens is 1. The summed E-state index contributed by atoms with van der Waals surface area (Å²) in [5, 5.41) is 2.39. The van der Waals surface area contributed by atoms with Gasteiger partial charge in [-0.1, -0.05) is 0 Å². The highest BCUT2D eigenvalue weighted by molar-refractivity contribution is 9.10. The van der Waals surface area contributed by atoms with Crippen molar-refractivity contribution in [2.75, 3.05) is 18.5 Å². The molecule has 114 valence electrons. The van der Waals surface area contributed by atoms with Crippen LogP contribution in [0.3, 0.4) is 0 Å². The Labute approximate surface area is 130 Å². The number of rotatable bonds is 6. The van der Waals surface area contributed by atoms with Crippen LogP contribution in [0.1, 0.15) is 30.6 Å². The zero-order chi connectivity index (χ0) is 15.8. The summed E-state index contributed by atoms with van der Waals surface area (Å²) in [6.45, 7) is 3.70. The highest BCUT2D eigenvalue weighted by atomic mass is 79.9. The van der Waals surface area contributed by atoms with Crippen molar-refractivity contribution in [2.24, 2.45) is 0 Å². The molecular formula is C13H15BrN2O5. The molecule has 0 bridgehead atoms. The van der Waals surface area contributed by atoms with E-state index in [4.69, 9.17) is 4.74 Å². The fourth-order valence-corrected chi connectivity index (χ4v) is 1.75. The predicted molar refractivity (Wildman–Crippen MR) is 77.8 cm³/mol. The van der Waals surface area contributed by atoms with Crippen molar-refractivity contribution >= 4 is 39.6 Å². The number of pyridine rings is 1. The molecule has 1 amide bonds. The Kier molecular flexibility index (Phi) is 6.80. The van der Waals surface area contributed by atoms with Crippen LogP contribution in [0.4, 0.5) is 5.82 Å². The SMILES string of the molecule is CCOC(=O)CC(=O)Nc1ncc(Br)cc1C(=O)OCC. The average molecular weight is 359 g/mol. The van der Waals surface area contributed by atoms with E-state index in [1.165, 1.54) is 12.3 Å². The van der Waals surface area contributed by atoms with Crippen molar-refractivity contribution in [3.8, 4) is 0 Å². The number of carbonyl (C=O) groups excluding carboxylic acids is 3. The summed E-state index contributed by atoms with van der Waals surface area (Å²) in [5.41, 5.74) is 0.100. The summed E-state index contributed by atoms with van der Waals surface area (Å²) in [7, 11) is 0. The third-order valence-electron chi connectivity index (χ3n) is 2.22. The van der Waals surface area contributed by atoms with Crippen molar-refractivity contribution in [1.82, 2.24) is 4.98 Å². The number of hydrogen-bond donors (Lipinski definition) is 1. The third kappa shape index (κ3) is 5.50. The Morgan fingerprint density at radius 1 is 1.24 bits per heavy atom. The van der Waals surface area contributed by atoms with Crippen molar-refractivity contribution in [3.05, 3.63) is 22.3 Å². The maximum absolute atomic E-state index is 11.8. The molecule has 1 aromatic rings. The van der Waals surface area contributed by atoms with Crippen LogP contribution < -0.4 is 5.32 Å². The lowest BCUT2D eigenvalue weighted by Crippen LogP contribution is -2.21. The van der Waals surface area contributed by atoms with Gasteiger partial charge in [-0.05, 0) is 35.8 Å². The normalized spacial score (nSPS) is 9.86. The van der Waals surface area contributed by atoms with E-state index in [1.54, 1.807) is 13.8 Å². The summed E-state index contributed by atoms with van der Waals surface area (Å²) in [5.74, 6) is -1.85. The molecule has 1 N–H and O–H groups in total. The van der Waals surface area contributed by atoms with Crippen LogP contribution >= 0.6 is 15.9 Å². The van der Waals surface area contributed by atoms with Crippen LogP contribution in [0.5, 0.6) is 0 Å². The Bertz CT molecular complexity index is 547. The lowest BCUT2D eigenvalue weighted by Gasteiger charge is -2.09. The summed E-state index contributed by atoms with van der Waals surface area (Å²) in [6.07, 6.45) is 0.969. The molecule has 0 aliphatic heterocycles. The largest absolute Gasteiger partial charge is 0.466 e. The number of nitrogens with zero attached hydrogens (tertiary/aromatic N) is 1. The highest BCUT2D eigenvalue weighted by Crippen LogP contribution is 2.19. The Morgan fingerprint density at radius 3 is 2.52 bits per heavy atom. The van der Waals surface area contributed by atoms with E-state index in [0.717, 1.165) is 0 Å². The average Bonchev–Trinajstić information content (AvgIpc) is 2.41. The highest BCUT2D eigenvalue weighted by Gasteiger charge is 2.18. The maximum atomic E-state index is 11.8. The first-order chi connectivity index (χ1) is 9.97. The van der Waals surface area contributed by atoms with Crippen molar-refractivity contribution in [3.63, 3.8) is 0 Å². The number of anilines is 1. The van der Waals surface area contributed by atoms with Gasteiger partial charge in [-0.25, -0.2) is 9.78 Å². The van der Waals surface area contributed by atoms with E-state index in [0.29, 0.717) is 4.47 Å². The molecule has 7 nitrogen and oxygen atoms in total. The minimum Gasteiger partial charge on any atom is -0.466 e. The van der Waals surface area contributed by atoms with E-state index in [2.05, 4.69) is 31.0 Å². The molecule has 0 saturated heterocycles. The lowest BCUT2D eigenvalue weighted by molar-refractivity contribution is -0.145. The first kappa shape index (κ1) is 17.1. The molecule has 0 atom stereocenters. The summed E-state index contributed by atoms with van der Waals surface area (Å²) in [4.78, 5) is 38.7. The molecule has 0 spiro atoms. The number of hydrogen-bond acceptors (Lipinski definition) is 6. The first-order valence-corrected chi connectivity index (χ1v) is 7.05. The molecule has 1 aromatic heterocycles. The van der Waals surface area contributed by atoms with Crippen molar-refractivity contribution in [1.29, 1.82) is 0 Å². The lowest BCUT2D eigenvalue weighted by atomic mass is 10.2. The first-order valence-electron chi connectivity index (χ1n) is 6.26. The van der Waals surface area contributed by atoms with Gasteiger partial charge in [0.1, 0.15) is 17.8 Å². The van der Waals surface area contributed by atoms with Crippen LogP contribution in [0, 0.1) is 0 Å². The second-order valence-electron chi connectivity index (χ2n) is 3.80. The van der Waals surface area contributed by atoms with Gasteiger partial charge in [-0.2, -0.15) is 0 Å². The standard InChI is InChI=1S/C13H15BrN2O5/c1-3-20-11(18)6-10(17)16-12-9(13(19)21-4-2)5-8(14)7-15-12/h5,7H,3-4,6H2,1-2H3,(H,15,16,17). The molecule has 0 unspecified atom stereocenters. The Balaban J connectivity index is 2.85. The molecule has 0 aliphatic carbocycles. The number of nitrogens with one attached hydrogen (secondary N) is 1. The van der Waals surface area contributed by atoms with Gasteiger partial charge in [0, 0.05) is 10.7 Å². The minimum absolute atomic E-state index is 0.0333. The summed E-state index contributed by atoms with van der Waals surface area (Å²) in [6, 6.07) is 1.48. The Hall–Kier alpha value is -1.96. The van der Waals surface area contributed by atoms with Crippen LogP contribution in [0.2, 0.25) is 0 Å². The van der Waals surface area contributed by atoms with Crippen molar-refractivity contribution < 1.29 is 23.9 Å². The smallest absolute Gasteiger partial charge is 0.341 e. The zero-order valence-corrected chi connectivity index (χ0v) is 13.2. The molecule has 0 aliphatic rings. The van der Waals surface area contributed by atoms with Gasteiger partial charge >= 0.3 is 11.9 Å². The van der Waals surface area contributed by atoms with E-state index in [1.807, 2.05) is 0 Å². The van der Waals surface area contributed by atoms with Gasteiger partial charge < -0.3 is 14.8 Å². The number of aromatic nitrogens is 1. The quantitative estimate of drug-likeness (QED) is 0.616. The third-order valence-corrected chi connectivity index (χ3v) is 2.65. The number of carbonyl (C=O) groups is 3. The molecule has 8 heteroatoms. The van der Waals surface area contributed by atoms with Crippen LogP contribution in [-0.2, 0) is 19.1 Å². The van der Waals surface area contributed by atoms with E-state index in [9.17, 15) is 14.4 Å². The van der Waals surface area contributed by atoms with E-state index < -0.39 is 24.3 Å². The van der Waals surface area contributed by atoms with Gasteiger partial charge in [-0.3, -0.25) is 9.59 Å². The van der Waals surface area contributed by atoms with Crippen molar-refractivity contribution in [2.45, 2.75) is 20.3 Å². The second-order valence-corrected chi connectivity index (χ2v) is 4.72. The fourth-order valence-electron chi connectivity index (χ4n) is 1.42. The van der Waals surface area contributed by atoms with Gasteiger partial charge in [0.05, 0.1) is 13.2 Å². The van der Waals surface area contributed by atoms with Crippen LogP contribution in [-0.4, -0.2) is 36.0 Å². The molecule has 1 heterocycles. The van der Waals surface area contributed by atoms with Gasteiger partial charge in [-0.15, -0.1) is 0 Å². The van der Waals surface area contributed by atoms with E-state index in [-0.39, 0.29) is 24.6 Å². The molecular weight excluding hydrogens is 344 g/mol. The minimum atomic E-state index is -0.648. The molecule has 21 heavy (non-hydrogen) atoms. The van der Waals surface area contributed by atoms with Gasteiger partial charge in [0.25, 0.3) is 0 Å². The number of ether oxygens (including phenoxy) is 2. The molecule has 0 radical (unpaired) electrons. The Morgan fingerprint density at radius 2 is 1.90 bits per heavy atom. The van der Waals surface area contributed by atoms with E-state index >= 15 is 0 Å². The van der Waals surface area contributed by atoms with Gasteiger partial charge in [0.2, 0.25) is 5.91 Å². The topological polar surface area (TPSA) is 94.6 Å². The molecule has 0 fully saturated rings. The second kappa shape index (κ2) is 8.35. The molecule has 0 saturated carbocycles. The van der Waals surface area contributed by atoms with Crippen LogP contribution in [0.15, 0.2) is 16.7 Å². The predicted octanol–water partition coefficient (Wildman–Crippen LogP) is 1.91. The molecule has 1 rings (SSSR count). The monoisotopic (exact) mass is 358 g/mol. The van der Waals surface area contributed by atoms with Gasteiger partial charge in [0.15, 0.2) is 0 Å². The number of esters is 2. The summed E-state index contributed by atoms with van der Waals surface area (Å²) >= 11 is 3.19. The zero-order valence-electron chi connectivity index (χ0n) is 11.6. The summed E-state index contributed by atoms with van der Waals surface area (Å²) < 4.78 is 10.1. The van der Waals surface area contributed by atoms with Crippen LogP contribution in [0.25, 0.3) is 0 Å². The number of amides is 1. The maximum Gasteiger partial charge on any atom is 0.341 e. The molecule has 0 aromatic carbocycles. The fraction of sp³-hybridized carbons (Fsp3) is 0.385.